The predicted molar refractivity (Wildman–Crippen MR) is 52.8 cm³/mol. The molecule has 0 aromatic rings. The Morgan fingerprint density at radius 1 is 1.17 bits per heavy atom. The molecule has 0 radical (unpaired) electrons. The first-order chi connectivity index (χ1) is 5.34. The van der Waals surface area contributed by atoms with Crippen molar-refractivity contribution in [2.75, 3.05) is 7.05 Å². The first-order valence-electron chi connectivity index (χ1n) is 4.83. The van der Waals surface area contributed by atoms with Crippen LogP contribution in [0.4, 0.5) is 0 Å². The topological polar surface area (TPSA) is 15.3 Å². The van der Waals surface area contributed by atoms with Crippen LogP contribution < -0.4 is 5.43 Å². The van der Waals surface area contributed by atoms with Crippen LogP contribution in [0.3, 0.4) is 0 Å². The lowest BCUT2D eigenvalue weighted by atomic mass is 9.74. The molecule has 0 aliphatic carbocycles. The summed E-state index contributed by atoms with van der Waals surface area (Å²) in [5.41, 5.74) is 3.86. The minimum atomic E-state index is 0.399. The third-order valence-corrected chi connectivity index (χ3v) is 3.08. The molecular formula is C10H22N2. The van der Waals surface area contributed by atoms with Crippen LogP contribution >= 0.6 is 0 Å². The minimum absolute atomic E-state index is 0.399. The second kappa shape index (κ2) is 3.00. The van der Waals surface area contributed by atoms with E-state index < -0.39 is 0 Å². The monoisotopic (exact) mass is 170 g/mol. The van der Waals surface area contributed by atoms with E-state index in [0.29, 0.717) is 17.5 Å². The molecule has 1 N–H and O–H groups in total. The molecule has 1 heterocycles. The number of rotatable bonds is 0. The summed E-state index contributed by atoms with van der Waals surface area (Å²) in [6.07, 6.45) is 0. The molecule has 1 aliphatic heterocycles. The molecule has 0 aromatic carbocycles. The van der Waals surface area contributed by atoms with E-state index in [-0.39, 0.29) is 0 Å². The number of hydrogen-bond donors (Lipinski definition) is 1. The van der Waals surface area contributed by atoms with Gasteiger partial charge in [-0.1, -0.05) is 20.8 Å². The fraction of sp³-hybridized carbons (Fsp3) is 1.00. The van der Waals surface area contributed by atoms with Crippen molar-refractivity contribution in [3.63, 3.8) is 0 Å². The average molecular weight is 170 g/mol. The van der Waals surface area contributed by atoms with Gasteiger partial charge in [0.25, 0.3) is 0 Å². The van der Waals surface area contributed by atoms with Gasteiger partial charge in [0.2, 0.25) is 0 Å². The van der Waals surface area contributed by atoms with Gasteiger partial charge in [-0.3, -0.25) is 5.43 Å². The summed E-state index contributed by atoms with van der Waals surface area (Å²) in [6, 6.07) is 1.24. The quantitative estimate of drug-likeness (QED) is 0.597. The third kappa shape index (κ3) is 1.64. The number of hydrazine groups is 1. The molecule has 0 bridgehead atoms. The summed E-state index contributed by atoms with van der Waals surface area (Å²) in [7, 11) is 2.13. The Labute approximate surface area is 76.3 Å². The third-order valence-electron chi connectivity index (χ3n) is 3.08. The highest BCUT2D eigenvalue weighted by Crippen LogP contribution is 2.36. The molecule has 3 unspecified atom stereocenters. The Bertz CT molecular complexity index is 160. The van der Waals surface area contributed by atoms with Gasteiger partial charge in [-0.25, -0.2) is 5.01 Å². The summed E-state index contributed by atoms with van der Waals surface area (Å²) in [5.74, 6) is 0.738. The minimum Gasteiger partial charge on any atom is -0.252 e. The molecule has 12 heavy (non-hydrogen) atoms. The first-order valence-corrected chi connectivity index (χ1v) is 4.83. The Morgan fingerprint density at radius 3 is 1.83 bits per heavy atom. The Balaban J connectivity index is 2.77. The zero-order chi connectivity index (χ0) is 9.52. The van der Waals surface area contributed by atoms with Crippen LogP contribution in [0, 0.1) is 11.3 Å². The molecule has 1 aliphatic rings. The summed E-state index contributed by atoms with van der Waals surface area (Å²) < 4.78 is 0. The summed E-state index contributed by atoms with van der Waals surface area (Å²) in [4.78, 5) is 0. The van der Waals surface area contributed by atoms with Gasteiger partial charge in [0.15, 0.2) is 0 Å². The van der Waals surface area contributed by atoms with Gasteiger partial charge >= 0.3 is 0 Å². The summed E-state index contributed by atoms with van der Waals surface area (Å²) in [6.45, 7) is 11.5. The fourth-order valence-corrected chi connectivity index (χ4v) is 2.65. The largest absolute Gasteiger partial charge is 0.252 e. The van der Waals surface area contributed by atoms with E-state index in [0.717, 1.165) is 5.92 Å². The standard InChI is InChI=1S/C10H22N2/c1-7-9(10(3,4)5)8(2)12(6)11-7/h7-9,11H,1-6H3. The highest BCUT2D eigenvalue weighted by molar-refractivity contribution is 4.93. The van der Waals surface area contributed by atoms with Gasteiger partial charge < -0.3 is 0 Å². The van der Waals surface area contributed by atoms with Crippen molar-refractivity contribution in [2.45, 2.75) is 46.7 Å². The second-order valence-corrected chi connectivity index (χ2v) is 5.16. The van der Waals surface area contributed by atoms with Crippen LogP contribution in [0.15, 0.2) is 0 Å². The lowest BCUT2D eigenvalue weighted by Gasteiger charge is -2.32. The van der Waals surface area contributed by atoms with E-state index in [2.05, 4.69) is 52.1 Å². The highest BCUT2D eigenvalue weighted by Gasteiger charge is 2.41. The van der Waals surface area contributed by atoms with Gasteiger partial charge in [0, 0.05) is 19.1 Å². The van der Waals surface area contributed by atoms with Crippen molar-refractivity contribution >= 4 is 0 Å². The fourth-order valence-electron chi connectivity index (χ4n) is 2.65. The Hall–Kier alpha value is -0.0800. The number of nitrogens with one attached hydrogen (secondary N) is 1. The van der Waals surface area contributed by atoms with Crippen LogP contribution in [0.1, 0.15) is 34.6 Å². The van der Waals surface area contributed by atoms with Crippen LogP contribution in [0.5, 0.6) is 0 Å². The second-order valence-electron chi connectivity index (χ2n) is 5.16. The molecule has 1 fully saturated rings. The molecule has 72 valence electrons. The Kier molecular flexibility index (Phi) is 2.50. The van der Waals surface area contributed by atoms with Gasteiger partial charge in [0.05, 0.1) is 0 Å². The number of nitrogens with zero attached hydrogens (tertiary/aromatic N) is 1. The molecule has 0 spiro atoms. The average Bonchev–Trinajstić information content (AvgIpc) is 2.05. The van der Waals surface area contributed by atoms with Crippen molar-refractivity contribution in [1.29, 1.82) is 0 Å². The van der Waals surface area contributed by atoms with Crippen molar-refractivity contribution in [3.8, 4) is 0 Å². The van der Waals surface area contributed by atoms with E-state index >= 15 is 0 Å². The Morgan fingerprint density at radius 2 is 1.67 bits per heavy atom. The maximum Gasteiger partial charge on any atom is 0.0260 e. The van der Waals surface area contributed by atoms with E-state index in [9.17, 15) is 0 Å². The van der Waals surface area contributed by atoms with Crippen molar-refractivity contribution in [3.05, 3.63) is 0 Å². The molecular weight excluding hydrogens is 148 g/mol. The SMILES string of the molecule is CC1NN(C)C(C)C1C(C)(C)C. The van der Waals surface area contributed by atoms with Crippen molar-refractivity contribution in [1.82, 2.24) is 10.4 Å². The van der Waals surface area contributed by atoms with Crippen LogP contribution in [0.2, 0.25) is 0 Å². The lowest BCUT2D eigenvalue weighted by molar-refractivity contribution is 0.170. The highest BCUT2D eigenvalue weighted by atomic mass is 15.5. The number of hydrogen-bond acceptors (Lipinski definition) is 2. The molecule has 0 saturated carbocycles. The maximum absolute atomic E-state index is 3.46. The van der Waals surface area contributed by atoms with Gasteiger partial charge in [-0.05, 0) is 25.2 Å². The maximum atomic E-state index is 3.46. The summed E-state index contributed by atoms with van der Waals surface area (Å²) in [5, 5.41) is 2.24. The van der Waals surface area contributed by atoms with Crippen LogP contribution in [-0.2, 0) is 0 Å². The van der Waals surface area contributed by atoms with Crippen molar-refractivity contribution in [2.24, 2.45) is 11.3 Å². The summed E-state index contributed by atoms with van der Waals surface area (Å²) >= 11 is 0. The first kappa shape index (κ1) is 10.0. The van der Waals surface area contributed by atoms with Gasteiger partial charge in [-0.2, -0.15) is 0 Å². The van der Waals surface area contributed by atoms with E-state index in [1.54, 1.807) is 0 Å². The van der Waals surface area contributed by atoms with E-state index in [1.165, 1.54) is 0 Å². The molecule has 1 saturated heterocycles. The molecule has 2 nitrogen and oxygen atoms in total. The molecule has 2 heteroatoms. The normalized spacial score (nSPS) is 39.0. The molecule has 3 atom stereocenters. The molecule has 1 rings (SSSR count). The van der Waals surface area contributed by atoms with Crippen LogP contribution in [-0.4, -0.2) is 24.1 Å². The van der Waals surface area contributed by atoms with E-state index in [1.807, 2.05) is 0 Å². The predicted octanol–water partition coefficient (Wildman–Crippen LogP) is 1.88. The lowest BCUT2D eigenvalue weighted by Crippen LogP contribution is -2.35. The van der Waals surface area contributed by atoms with E-state index in [4.69, 9.17) is 0 Å². The van der Waals surface area contributed by atoms with Crippen molar-refractivity contribution < 1.29 is 0 Å². The van der Waals surface area contributed by atoms with Gasteiger partial charge in [-0.15, -0.1) is 0 Å². The zero-order valence-corrected chi connectivity index (χ0v) is 9.18. The molecule has 0 aromatic heterocycles. The molecule has 0 amide bonds. The van der Waals surface area contributed by atoms with Gasteiger partial charge in [0.1, 0.15) is 0 Å². The van der Waals surface area contributed by atoms with Crippen LogP contribution in [0.25, 0.3) is 0 Å². The smallest absolute Gasteiger partial charge is 0.0260 e. The zero-order valence-electron chi connectivity index (χ0n) is 9.18.